The van der Waals surface area contributed by atoms with E-state index >= 15 is 0 Å². The molecule has 2 fully saturated rings. The molecule has 3 unspecified atom stereocenters. The van der Waals surface area contributed by atoms with Crippen LogP contribution in [0.25, 0.3) is 0 Å². The van der Waals surface area contributed by atoms with Crippen LogP contribution in [0.4, 0.5) is 0 Å². The highest BCUT2D eigenvalue weighted by Gasteiger charge is 2.42. The summed E-state index contributed by atoms with van der Waals surface area (Å²) in [5.41, 5.74) is 0. The van der Waals surface area contributed by atoms with Crippen molar-refractivity contribution in [1.82, 2.24) is 4.90 Å². The summed E-state index contributed by atoms with van der Waals surface area (Å²) in [6, 6.07) is 0.865. The number of carbonyl (C=O) groups is 1. The highest BCUT2D eigenvalue weighted by molar-refractivity contribution is 5.78. The summed E-state index contributed by atoms with van der Waals surface area (Å²) in [5, 5.41) is 0. The van der Waals surface area contributed by atoms with E-state index in [1.165, 1.54) is 32.1 Å². The summed E-state index contributed by atoms with van der Waals surface area (Å²) in [7, 11) is 1.64. The van der Waals surface area contributed by atoms with E-state index < -0.39 is 0 Å². The van der Waals surface area contributed by atoms with Crippen molar-refractivity contribution in [3.8, 4) is 0 Å². The number of fused-ring (bicyclic) bond motifs is 1. The van der Waals surface area contributed by atoms with E-state index in [0.717, 1.165) is 5.92 Å². The molecule has 1 heterocycles. The normalized spacial score (nSPS) is 31.4. The fourth-order valence-electron chi connectivity index (χ4n) is 3.51. The molecule has 2 rings (SSSR count). The molecular formula is C14H25NO3. The summed E-state index contributed by atoms with van der Waals surface area (Å²) >= 11 is 0. The van der Waals surface area contributed by atoms with Gasteiger partial charge in [0.25, 0.3) is 0 Å². The predicted octanol–water partition coefficient (Wildman–Crippen LogP) is 1.83. The summed E-state index contributed by atoms with van der Waals surface area (Å²) in [6.07, 6.45) is 6.25. The first kappa shape index (κ1) is 13.8. The first-order valence-electron chi connectivity index (χ1n) is 7.12. The molecule has 1 amide bonds. The molecule has 0 bridgehead atoms. The fraction of sp³-hybridized carbons (Fsp3) is 0.929. The van der Waals surface area contributed by atoms with Gasteiger partial charge in [-0.25, -0.2) is 0 Å². The number of methoxy groups -OCH3 is 1. The van der Waals surface area contributed by atoms with Crippen LogP contribution >= 0.6 is 0 Å². The van der Waals surface area contributed by atoms with Crippen molar-refractivity contribution >= 4 is 5.91 Å². The number of amides is 1. The Morgan fingerprint density at radius 2 is 2.06 bits per heavy atom. The van der Waals surface area contributed by atoms with Crippen LogP contribution in [0.2, 0.25) is 0 Å². The molecule has 0 spiro atoms. The number of rotatable bonds is 5. The molecule has 4 heteroatoms. The lowest BCUT2D eigenvalue weighted by Crippen LogP contribution is -2.44. The topological polar surface area (TPSA) is 38.8 Å². The van der Waals surface area contributed by atoms with E-state index in [-0.39, 0.29) is 12.5 Å². The number of carbonyl (C=O) groups excluding carboxylic acids is 1. The summed E-state index contributed by atoms with van der Waals surface area (Å²) in [6.45, 7) is 3.43. The smallest absolute Gasteiger partial charge is 0.249 e. The van der Waals surface area contributed by atoms with Gasteiger partial charge in [-0.05, 0) is 32.1 Å². The molecule has 1 aliphatic heterocycles. The van der Waals surface area contributed by atoms with E-state index in [1.807, 2.05) is 0 Å². The lowest BCUT2D eigenvalue weighted by Gasteiger charge is -2.33. The van der Waals surface area contributed by atoms with Crippen LogP contribution in [0.1, 0.15) is 39.0 Å². The maximum absolute atomic E-state index is 12.2. The second-order valence-electron chi connectivity index (χ2n) is 5.54. The van der Waals surface area contributed by atoms with Gasteiger partial charge in [-0.1, -0.05) is 12.8 Å². The highest BCUT2D eigenvalue weighted by atomic mass is 16.5. The molecule has 1 saturated heterocycles. The Balaban J connectivity index is 1.84. The SMILES string of the molecule is COCCOCC(=O)N1C(C)CC2CCCCC21. The standard InChI is InChI=1S/C14H25NO3/c1-11-9-12-5-3-4-6-13(12)15(11)14(16)10-18-8-7-17-2/h11-13H,3-10H2,1-2H3. The molecule has 0 N–H and O–H groups in total. The summed E-state index contributed by atoms with van der Waals surface area (Å²) < 4.78 is 10.3. The van der Waals surface area contributed by atoms with Gasteiger partial charge >= 0.3 is 0 Å². The number of nitrogens with zero attached hydrogens (tertiary/aromatic N) is 1. The Bertz CT molecular complexity index is 282. The molecule has 1 aliphatic carbocycles. The maximum Gasteiger partial charge on any atom is 0.249 e. The van der Waals surface area contributed by atoms with Crippen molar-refractivity contribution < 1.29 is 14.3 Å². The van der Waals surface area contributed by atoms with E-state index in [1.54, 1.807) is 7.11 Å². The predicted molar refractivity (Wildman–Crippen MR) is 69.4 cm³/mol. The van der Waals surface area contributed by atoms with Crippen molar-refractivity contribution in [1.29, 1.82) is 0 Å². The number of hydrogen-bond donors (Lipinski definition) is 0. The maximum atomic E-state index is 12.2. The average molecular weight is 255 g/mol. The van der Waals surface area contributed by atoms with Crippen LogP contribution in [0.3, 0.4) is 0 Å². The number of hydrogen-bond acceptors (Lipinski definition) is 3. The van der Waals surface area contributed by atoms with Gasteiger partial charge in [-0.2, -0.15) is 0 Å². The van der Waals surface area contributed by atoms with Crippen molar-refractivity contribution in [2.45, 2.75) is 51.1 Å². The molecule has 3 atom stereocenters. The van der Waals surface area contributed by atoms with Crippen molar-refractivity contribution in [2.75, 3.05) is 26.9 Å². The Kier molecular flexibility index (Phi) is 5.01. The fourth-order valence-corrected chi connectivity index (χ4v) is 3.51. The molecule has 0 aromatic carbocycles. The molecule has 0 aromatic rings. The highest BCUT2D eigenvalue weighted by Crippen LogP contribution is 2.39. The molecule has 0 aromatic heterocycles. The third-order valence-corrected chi connectivity index (χ3v) is 4.29. The van der Waals surface area contributed by atoms with Crippen LogP contribution in [-0.4, -0.2) is 49.8 Å². The zero-order chi connectivity index (χ0) is 13.0. The number of ether oxygens (including phenoxy) is 2. The van der Waals surface area contributed by atoms with Gasteiger partial charge in [-0.15, -0.1) is 0 Å². The van der Waals surface area contributed by atoms with E-state index in [0.29, 0.717) is 25.3 Å². The quantitative estimate of drug-likeness (QED) is 0.704. The summed E-state index contributed by atoms with van der Waals surface area (Å²) in [4.78, 5) is 14.3. The molecule has 18 heavy (non-hydrogen) atoms. The zero-order valence-electron chi connectivity index (χ0n) is 11.6. The van der Waals surface area contributed by atoms with Gasteiger partial charge in [0.2, 0.25) is 5.91 Å². The second kappa shape index (κ2) is 6.53. The van der Waals surface area contributed by atoms with Crippen LogP contribution in [0.5, 0.6) is 0 Å². The van der Waals surface area contributed by atoms with E-state index in [4.69, 9.17) is 9.47 Å². The van der Waals surface area contributed by atoms with Crippen LogP contribution < -0.4 is 0 Å². The summed E-state index contributed by atoms with van der Waals surface area (Å²) in [5.74, 6) is 0.893. The van der Waals surface area contributed by atoms with Crippen LogP contribution in [-0.2, 0) is 14.3 Å². The third-order valence-electron chi connectivity index (χ3n) is 4.29. The van der Waals surface area contributed by atoms with E-state index in [9.17, 15) is 4.79 Å². The van der Waals surface area contributed by atoms with Gasteiger partial charge in [-0.3, -0.25) is 4.79 Å². The minimum atomic E-state index is 0.160. The van der Waals surface area contributed by atoms with Crippen molar-refractivity contribution in [3.05, 3.63) is 0 Å². The third kappa shape index (κ3) is 3.04. The Morgan fingerprint density at radius 1 is 1.28 bits per heavy atom. The van der Waals surface area contributed by atoms with Gasteiger partial charge < -0.3 is 14.4 Å². The van der Waals surface area contributed by atoms with Gasteiger partial charge in [0.15, 0.2) is 0 Å². The Labute approximate surface area is 110 Å². The first-order valence-corrected chi connectivity index (χ1v) is 7.12. The first-order chi connectivity index (χ1) is 8.74. The van der Waals surface area contributed by atoms with E-state index in [2.05, 4.69) is 11.8 Å². The molecule has 2 aliphatic rings. The van der Waals surface area contributed by atoms with Gasteiger partial charge in [0.1, 0.15) is 6.61 Å². The average Bonchev–Trinajstić information content (AvgIpc) is 2.70. The molecule has 0 radical (unpaired) electrons. The van der Waals surface area contributed by atoms with Crippen molar-refractivity contribution in [2.24, 2.45) is 5.92 Å². The molecule has 4 nitrogen and oxygen atoms in total. The minimum absolute atomic E-state index is 0.160. The lowest BCUT2D eigenvalue weighted by atomic mass is 9.85. The Hall–Kier alpha value is -0.610. The molecular weight excluding hydrogens is 230 g/mol. The second-order valence-corrected chi connectivity index (χ2v) is 5.54. The minimum Gasteiger partial charge on any atom is -0.382 e. The van der Waals surface area contributed by atoms with Gasteiger partial charge in [0.05, 0.1) is 13.2 Å². The van der Waals surface area contributed by atoms with Crippen LogP contribution in [0.15, 0.2) is 0 Å². The molecule has 1 saturated carbocycles. The zero-order valence-corrected chi connectivity index (χ0v) is 11.6. The largest absolute Gasteiger partial charge is 0.382 e. The van der Waals surface area contributed by atoms with Crippen LogP contribution in [0, 0.1) is 5.92 Å². The lowest BCUT2D eigenvalue weighted by molar-refractivity contribution is -0.140. The van der Waals surface area contributed by atoms with Crippen molar-refractivity contribution in [3.63, 3.8) is 0 Å². The number of likely N-dealkylation sites (tertiary alicyclic amines) is 1. The monoisotopic (exact) mass is 255 g/mol. The Morgan fingerprint density at radius 3 is 2.83 bits per heavy atom. The van der Waals surface area contributed by atoms with Gasteiger partial charge in [0, 0.05) is 19.2 Å². The molecule has 104 valence electrons.